The Morgan fingerprint density at radius 1 is 1.08 bits per heavy atom. The molecule has 1 aliphatic heterocycles. The van der Waals surface area contributed by atoms with Crippen LogP contribution < -0.4 is 24.8 Å². The second-order valence-corrected chi connectivity index (χ2v) is 5.78. The van der Waals surface area contributed by atoms with Gasteiger partial charge in [0.15, 0.2) is 17.5 Å². The average molecular weight is 469 g/mol. The van der Waals surface area contributed by atoms with E-state index in [0.29, 0.717) is 13.1 Å². The van der Waals surface area contributed by atoms with Gasteiger partial charge < -0.3 is 24.8 Å². The summed E-state index contributed by atoms with van der Waals surface area (Å²) in [7, 11) is 3.44. The highest BCUT2D eigenvalue weighted by atomic mass is 127. The van der Waals surface area contributed by atoms with Crippen LogP contribution in [0.3, 0.4) is 0 Å². The number of benzene rings is 2. The Morgan fingerprint density at radius 2 is 1.85 bits per heavy atom. The number of hydrogen-bond acceptors (Lipinski definition) is 4. The maximum absolute atomic E-state index is 5.44. The molecule has 1 aliphatic rings. The minimum absolute atomic E-state index is 0. The van der Waals surface area contributed by atoms with E-state index >= 15 is 0 Å². The van der Waals surface area contributed by atoms with Gasteiger partial charge >= 0.3 is 0 Å². The molecule has 3 rings (SSSR count). The van der Waals surface area contributed by atoms with Crippen LogP contribution in [-0.4, -0.2) is 26.9 Å². The zero-order chi connectivity index (χ0) is 17.6. The van der Waals surface area contributed by atoms with Gasteiger partial charge in [-0.25, -0.2) is 0 Å². The number of aliphatic imine (C=N–C) groups is 1. The van der Waals surface area contributed by atoms with Crippen molar-refractivity contribution in [1.29, 1.82) is 0 Å². The second-order valence-electron chi connectivity index (χ2n) is 5.78. The molecule has 0 unspecified atom stereocenters. The van der Waals surface area contributed by atoms with E-state index in [0.717, 1.165) is 34.3 Å². The number of aryl methyl sites for hydroxylation is 1. The van der Waals surface area contributed by atoms with E-state index in [-0.39, 0.29) is 30.8 Å². The van der Waals surface area contributed by atoms with Gasteiger partial charge in [0, 0.05) is 25.7 Å². The molecule has 0 saturated heterocycles. The van der Waals surface area contributed by atoms with Gasteiger partial charge in [0.05, 0.1) is 7.11 Å². The maximum atomic E-state index is 5.44. The largest absolute Gasteiger partial charge is 0.496 e. The molecule has 0 amide bonds. The Morgan fingerprint density at radius 3 is 2.62 bits per heavy atom. The fourth-order valence-corrected chi connectivity index (χ4v) is 2.63. The normalized spacial score (nSPS) is 12.3. The van der Waals surface area contributed by atoms with Crippen molar-refractivity contribution in [3.05, 3.63) is 53.1 Å². The fourth-order valence-electron chi connectivity index (χ4n) is 2.63. The first kappa shape index (κ1) is 20.2. The summed E-state index contributed by atoms with van der Waals surface area (Å²) in [6.07, 6.45) is 0. The number of hydrogen-bond donors (Lipinski definition) is 2. The van der Waals surface area contributed by atoms with Gasteiger partial charge in [-0.3, -0.25) is 4.99 Å². The van der Waals surface area contributed by atoms with Crippen molar-refractivity contribution >= 4 is 29.9 Å². The molecule has 0 fully saturated rings. The van der Waals surface area contributed by atoms with E-state index in [4.69, 9.17) is 14.2 Å². The van der Waals surface area contributed by atoms with Gasteiger partial charge in [0.1, 0.15) is 5.75 Å². The van der Waals surface area contributed by atoms with Gasteiger partial charge in [0.2, 0.25) is 6.79 Å². The van der Waals surface area contributed by atoms with Gasteiger partial charge in [-0.15, -0.1) is 24.0 Å². The third kappa shape index (κ3) is 4.94. The Kier molecular flexibility index (Phi) is 7.38. The van der Waals surface area contributed by atoms with E-state index in [1.54, 1.807) is 14.2 Å². The molecule has 26 heavy (non-hydrogen) atoms. The van der Waals surface area contributed by atoms with Crippen LogP contribution in [0.5, 0.6) is 17.2 Å². The predicted octanol–water partition coefficient (Wildman–Crippen LogP) is 3.22. The molecule has 2 N–H and O–H groups in total. The average Bonchev–Trinajstić information content (AvgIpc) is 3.10. The van der Waals surface area contributed by atoms with Crippen molar-refractivity contribution in [2.45, 2.75) is 20.0 Å². The van der Waals surface area contributed by atoms with Crippen LogP contribution in [0.4, 0.5) is 0 Å². The minimum Gasteiger partial charge on any atom is -0.496 e. The van der Waals surface area contributed by atoms with E-state index in [1.807, 2.05) is 31.2 Å². The van der Waals surface area contributed by atoms with Crippen molar-refractivity contribution in [3.8, 4) is 17.2 Å². The molecule has 7 heteroatoms. The van der Waals surface area contributed by atoms with Crippen molar-refractivity contribution in [3.63, 3.8) is 0 Å². The number of halogens is 1. The molecule has 0 aromatic heterocycles. The first-order valence-electron chi connectivity index (χ1n) is 8.16. The van der Waals surface area contributed by atoms with Gasteiger partial charge in [-0.05, 0) is 36.2 Å². The molecule has 2 aromatic carbocycles. The summed E-state index contributed by atoms with van der Waals surface area (Å²) in [5.41, 5.74) is 3.35. The molecular formula is C19H24IN3O3. The van der Waals surface area contributed by atoms with Gasteiger partial charge in [-0.1, -0.05) is 18.2 Å². The van der Waals surface area contributed by atoms with Crippen LogP contribution in [-0.2, 0) is 13.1 Å². The van der Waals surface area contributed by atoms with Crippen LogP contribution in [0.2, 0.25) is 0 Å². The summed E-state index contributed by atoms with van der Waals surface area (Å²) in [5, 5.41) is 6.60. The number of ether oxygens (including phenoxy) is 3. The van der Waals surface area contributed by atoms with E-state index in [9.17, 15) is 0 Å². The number of nitrogens with one attached hydrogen (secondary N) is 2. The number of nitrogens with zero attached hydrogens (tertiary/aromatic N) is 1. The third-order valence-electron chi connectivity index (χ3n) is 4.01. The number of fused-ring (bicyclic) bond motifs is 1. The lowest BCUT2D eigenvalue weighted by Gasteiger charge is -2.14. The summed E-state index contributed by atoms with van der Waals surface area (Å²) in [5.74, 6) is 3.17. The first-order valence-corrected chi connectivity index (χ1v) is 8.16. The molecule has 0 aliphatic carbocycles. The second kappa shape index (κ2) is 9.51. The monoisotopic (exact) mass is 469 g/mol. The number of methoxy groups -OCH3 is 1. The van der Waals surface area contributed by atoms with Gasteiger partial charge in [0.25, 0.3) is 0 Å². The molecule has 0 spiro atoms. The quantitative estimate of drug-likeness (QED) is 0.400. The smallest absolute Gasteiger partial charge is 0.231 e. The molecule has 0 atom stereocenters. The standard InChI is InChI=1S/C19H23N3O3.HI/c1-13-4-6-15(17(8-13)23-3)11-22-19(20-2)21-10-14-5-7-16-18(9-14)25-12-24-16;/h4-9H,10-12H2,1-3H3,(H2,20,21,22);1H. The molecule has 0 radical (unpaired) electrons. The Hall–Kier alpha value is -2.16. The fraction of sp³-hybridized carbons (Fsp3) is 0.316. The topological polar surface area (TPSA) is 64.1 Å². The SMILES string of the molecule is CN=C(NCc1ccc2c(c1)OCO2)NCc1ccc(C)cc1OC.I. The molecule has 140 valence electrons. The Bertz CT molecular complexity index is 781. The van der Waals surface area contributed by atoms with E-state index in [2.05, 4.69) is 27.8 Å². The highest BCUT2D eigenvalue weighted by Gasteiger charge is 2.13. The predicted molar refractivity (Wildman–Crippen MR) is 113 cm³/mol. The minimum atomic E-state index is 0. The van der Waals surface area contributed by atoms with Gasteiger partial charge in [-0.2, -0.15) is 0 Å². The zero-order valence-electron chi connectivity index (χ0n) is 15.2. The molecular weight excluding hydrogens is 445 g/mol. The molecule has 1 heterocycles. The highest BCUT2D eigenvalue weighted by Crippen LogP contribution is 2.32. The Balaban J connectivity index is 0.00000243. The van der Waals surface area contributed by atoms with Crippen LogP contribution in [0, 0.1) is 6.92 Å². The molecule has 2 aromatic rings. The van der Waals surface area contributed by atoms with Crippen molar-refractivity contribution in [1.82, 2.24) is 10.6 Å². The lowest BCUT2D eigenvalue weighted by molar-refractivity contribution is 0.174. The first-order chi connectivity index (χ1) is 12.2. The van der Waals surface area contributed by atoms with Crippen molar-refractivity contribution in [2.24, 2.45) is 4.99 Å². The molecule has 6 nitrogen and oxygen atoms in total. The van der Waals surface area contributed by atoms with E-state index in [1.165, 1.54) is 5.56 Å². The summed E-state index contributed by atoms with van der Waals surface area (Å²) in [6, 6.07) is 12.1. The lowest BCUT2D eigenvalue weighted by atomic mass is 10.1. The zero-order valence-corrected chi connectivity index (χ0v) is 17.5. The summed E-state index contributed by atoms with van der Waals surface area (Å²) >= 11 is 0. The molecule has 0 saturated carbocycles. The van der Waals surface area contributed by atoms with E-state index < -0.39 is 0 Å². The van der Waals surface area contributed by atoms with Crippen molar-refractivity contribution in [2.75, 3.05) is 21.0 Å². The summed E-state index contributed by atoms with van der Waals surface area (Å²) < 4.78 is 16.2. The lowest BCUT2D eigenvalue weighted by Crippen LogP contribution is -2.36. The number of rotatable bonds is 5. The molecule has 0 bridgehead atoms. The third-order valence-corrected chi connectivity index (χ3v) is 4.01. The summed E-state index contributed by atoms with van der Waals surface area (Å²) in [6.45, 7) is 3.60. The van der Waals surface area contributed by atoms with Crippen molar-refractivity contribution < 1.29 is 14.2 Å². The highest BCUT2D eigenvalue weighted by molar-refractivity contribution is 14.0. The Labute approximate surface area is 171 Å². The number of guanidine groups is 1. The van der Waals surface area contributed by atoms with Crippen LogP contribution in [0.1, 0.15) is 16.7 Å². The van der Waals surface area contributed by atoms with Crippen LogP contribution >= 0.6 is 24.0 Å². The van der Waals surface area contributed by atoms with Crippen LogP contribution in [0.15, 0.2) is 41.4 Å². The summed E-state index contributed by atoms with van der Waals surface area (Å²) in [4.78, 5) is 4.26. The van der Waals surface area contributed by atoms with Crippen LogP contribution in [0.25, 0.3) is 0 Å². The maximum Gasteiger partial charge on any atom is 0.231 e.